The number of amides is 1. The summed E-state index contributed by atoms with van der Waals surface area (Å²) in [6.45, 7) is 2.09. The van der Waals surface area contributed by atoms with Gasteiger partial charge in [-0.3, -0.25) is 33.5 Å². The highest BCUT2D eigenvalue weighted by atomic mass is 16.2. The quantitative estimate of drug-likeness (QED) is 0.400. The van der Waals surface area contributed by atoms with Gasteiger partial charge in [-0.2, -0.15) is 5.10 Å². The maximum atomic E-state index is 13.7. The molecule has 10 heteroatoms. The summed E-state index contributed by atoms with van der Waals surface area (Å²) in [6.07, 6.45) is 2.65. The number of nitrogens with one attached hydrogen (secondary N) is 1. The highest BCUT2D eigenvalue weighted by Gasteiger charge is 2.25. The molecule has 0 atom stereocenters. The predicted octanol–water partition coefficient (Wildman–Crippen LogP) is 1.86. The number of fused-ring (bicyclic) bond motifs is 1. The second-order valence-electron chi connectivity index (χ2n) is 8.15. The summed E-state index contributed by atoms with van der Waals surface area (Å²) >= 11 is 0. The van der Waals surface area contributed by atoms with Crippen molar-refractivity contribution in [1.29, 1.82) is 0 Å². The monoisotopic (exact) mass is 474 g/mol. The maximum Gasteiger partial charge on any atom is 0.330 e. The number of carbonyl (C=O) groups excluding carboxylic acids is 1. The molecule has 0 fully saturated rings. The molecule has 2 heterocycles. The van der Waals surface area contributed by atoms with Crippen LogP contribution in [0.25, 0.3) is 10.9 Å². The van der Waals surface area contributed by atoms with Crippen LogP contribution < -0.4 is 27.3 Å². The molecule has 180 valence electrons. The number of anilines is 2. The van der Waals surface area contributed by atoms with E-state index < -0.39 is 17.2 Å². The second-order valence-corrected chi connectivity index (χ2v) is 8.15. The number of aromatic amines is 1. The molecule has 2 aromatic carbocycles. The van der Waals surface area contributed by atoms with Crippen molar-refractivity contribution in [2.24, 2.45) is 0 Å². The number of hydrogen-bond acceptors (Lipinski definition) is 6. The minimum atomic E-state index is -0.748. The molecule has 0 saturated heterocycles. The first kappa shape index (κ1) is 23.7. The van der Waals surface area contributed by atoms with E-state index in [1.54, 1.807) is 24.3 Å². The highest BCUT2D eigenvalue weighted by molar-refractivity contribution is 5.96. The Hall–Kier alpha value is -4.47. The van der Waals surface area contributed by atoms with Crippen molar-refractivity contribution >= 4 is 28.3 Å². The van der Waals surface area contributed by atoms with Crippen molar-refractivity contribution in [1.82, 2.24) is 19.3 Å². The molecule has 0 bridgehead atoms. The Morgan fingerprint density at radius 2 is 1.77 bits per heavy atom. The van der Waals surface area contributed by atoms with Crippen LogP contribution in [0.1, 0.15) is 25.3 Å². The Morgan fingerprint density at radius 3 is 2.51 bits per heavy atom. The van der Waals surface area contributed by atoms with E-state index >= 15 is 0 Å². The van der Waals surface area contributed by atoms with Gasteiger partial charge < -0.3 is 5.73 Å². The molecule has 0 aliphatic heterocycles. The van der Waals surface area contributed by atoms with Crippen LogP contribution in [-0.2, 0) is 24.4 Å². The number of unbranched alkanes of at least 4 members (excludes halogenated alkanes) is 1. The van der Waals surface area contributed by atoms with E-state index in [4.69, 9.17) is 5.73 Å². The molecule has 0 unspecified atom stereocenters. The SMILES string of the molecule is CCCCn1c(N)c(N(Cc2ccccc2)C(=O)Cn2ncc(=O)c3ccccc32)c(=O)[nH]c1=O. The van der Waals surface area contributed by atoms with E-state index in [0.29, 0.717) is 23.9 Å². The van der Waals surface area contributed by atoms with Crippen molar-refractivity contribution in [3.8, 4) is 0 Å². The first-order valence-electron chi connectivity index (χ1n) is 11.3. The minimum Gasteiger partial charge on any atom is -0.383 e. The standard InChI is InChI=1S/C25H26N6O4/c1-2-3-13-29-23(26)22(24(34)28-25(29)35)30(15-17-9-5-4-6-10-17)21(33)16-31-19-12-8-7-11-18(19)20(32)14-27-31/h4-12,14H,2-3,13,15-16,26H2,1H3,(H,28,34,35). The predicted molar refractivity (Wildman–Crippen MR) is 134 cm³/mol. The van der Waals surface area contributed by atoms with Crippen molar-refractivity contribution < 1.29 is 4.79 Å². The summed E-state index contributed by atoms with van der Waals surface area (Å²) in [5.74, 6) is -0.553. The Balaban J connectivity index is 1.81. The summed E-state index contributed by atoms with van der Waals surface area (Å²) in [4.78, 5) is 54.7. The van der Waals surface area contributed by atoms with Gasteiger partial charge >= 0.3 is 5.69 Å². The van der Waals surface area contributed by atoms with Crippen LogP contribution in [0.2, 0.25) is 0 Å². The molecule has 3 N–H and O–H groups in total. The third kappa shape index (κ3) is 4.91. The number of nitrogens with two attached hydrogens (primary N) is 1. The fraction of sp³-hybridized carbons (Fsp3) is 0.240. The zero-order valence-electron chi connectivity index (χ0n) is 19.3. The Morgan fingerprint density at radius 1 is 1.06 bits per heavy atom. The zero-order chi connectivity index (χ0) is 24.9. The lowest BCUT2D eigenvalue weighted by Crippen LogP contribution is -2.42. The van der Waals surface area contributed by atoms with Gasteiger partial charge in [-0.1, -0.05) is 55.8 Å². The van der Waals surface area contributed by atoms with Crippen molar-refractivity contribution in [3.63, 3.8) is 0 Å². The lowest BCUT2D eigenvalue weighted by Gasteiger charge is -2.25. The minimum absolute atomic E-state index is 0.0526. The van der Waals surface area contributed by atoms with Crippen LogP contribution >= 0.6 is 0 Å². The van der Waals surface area contributed by atoms with Gasteiger partial charge in [-0.25, -0.2) is 4.79 Å². The second kappa shape index (κ2) is 10.2. The number of carbonyl (C=O) groups is 1. The summed E-state index contributed by atoms with van der Waals surface area (Å²) in [7, 11) is 0. The molecule has 0 saturated carbocycles. The molecule has 0 aliphatic rings. The summed E-state index contributed by atoms with van der Waals surface area (Å²) in [6, 6.07) is 16.0. The van der Waals surface area contributed by atoms with Crippen LogP contribution in [0.4, 0.5) is 11.5 Å². The normalized spacial score (nSPS) is 11.0. The number of nitrogen functional groups attached to an aromatic ring is 1. The largest absolute Gasteiger partial charge is 0.383 e. The van der Waals surface area contributed by atoms with Crippen LogP contribution in [0.3, 0.4) is 0 Å². The van der Waals surface area contributed by atoms with E-state index in [1.807, 2.05) is 37.3 Å². The molecule has 0 radical (unpaired) electrons. The van der Waals surface area contributed by atoms with E-state index in [0.717, 1.165) is 18.2 Å². The highest BCUT2D eigenvalue weighted by Crippen LogP contribution is 2.21. The molecule has 10 nitrogen and oxygen atoms in total. The molecule has 2 aromatic heterocycles. The lowest BCUT2D eigenvalue weighted by atomic mass is 10.2. The molecule has 0 spiro atoms. The first-order valence-corrected chi connectivity index (χ1v) is 11.3. The molecule has 1 amide bonds. The molecular formula is C25H26N6O4. The smallest absolute Gasteiger partial charge is 0.330 e. The molecule has 4 rings (SSSR count). The van der Waals surface area contributed by atoms with Gasteiger partial charge in [0.1, 0.15) is 12.4 Å². The molecule has 0 aliphatic carbocycles. The van der Waals surface area contributed by atoms with Gasteiger partial charge in [0.15, 0.2) is 5.69 Å². The lowest BCUT2D eigenvalue weighted by molar-refractivity contribution is -0.119. The average Bonchev–Trinajstić information content (AvgIpc) is 2.85. The van der Waals surface area contributed by atoms with Crippen molar-refractivity contribution in [3.05, 3.63) is 97.4 Å². The van der Waals surface area contributed by atoms with Gasteiger partial charge in [0.2, 0.25) is 11.3 Å². The van der Waals surface area contributed by atoms with Crippen LogP contribution in [0, 0.1) is 0 Å². The third-order valence-electron chi connectivity index (χ3n) is 5.75. The number of para-hydroxylation sites is 1. The van der Waals surface area contributed by atoms with Gasteiger partial charge in [-0.05, 0) is 24.1 Å². The van der Waals surface area contributed by atoms with Crippen molar-refractivity contribution in [2.75, 3.05) is 10.6 Å². The zero-order valence-corrected chi connectivity index (χ0v) is 19.3. The Kier molecular flexibility index (Phi) is 6.91. The topological polar surface area (TPSA) is 136 Å². The maximum absolute atomic E-state index is 13.7. The van der Waals surface area contributed by atoms with Crippen LogP contribution in [0.5, 0.6) is 0 Å². The summed E-state index contributed by atoms with van der Waals surface area (Å²) in [5.41, 5.74) is 5.84. The van der Waals surface area contributed by atoms with Crippen molar-refractivity contribution in [2.45, 2.75) is 39.4 Å². The van der Waals surface area contributed by atoms with E-state index in [2.05, 4.69) is 10.1 Å². The number of nitrogens with zero attached hydrogens (tertiary/aromatic N) is 4. The fourth-order valence-electron chi connectivity index (χ4n) is 3.93. The van der Waals surface area contributed by atoms with Gasteiger partial charge in [0.05, 0.1) is 18.3 Å². The van der Waals surface area contributed by atoms with Gasteiger partial charge in [-0.15, -0.1) is 0 Å². The molecule has 4 aromatic rings. The number of aromatic nitrogens is 4. The first-order chi connectivity index (χ1) is 16.9. The average molecular weight is 475 g/mol. The van der Waals surface area contributed by atoms with Gasteiger partial charge in [0.25, 0.3) is 5.56 Å². The number of rotatable bonds is 8. The summed E-state index contributed by atoms with van der Waals surface area (Å²) in [5, 5.41) is 4.56. The van der Waals surface area contributed by atoms with Crippen LogP contribution in [-0.4, -0.2) is 25.2 Å². The summed E-state index contributed by atoms with van der Waals surface area (Å²) < 4.78 is 2.69. The third-order valence-corrected chi connectivity index (χ3v) is 5.75. The van der Waals surface area contributed by atoms with Crippen LogP contribution in [0.15, 0.2) is 75.2 Å². The van der Waals surface area contributed by atoms with E-state index in [-0.39, 0.29) is 30.0 Å². The number of benzene rings is 2. The Bertz CT molecular complexity index is 1540. The Labute approximate surface area is 200 Å². The number of H-pyrrole nitrogens is 1. The number of hydrogen-bond donors (Lipinski definition) is 2. The van der Waals surface area contributed by atoms with E-state index in [1.165, 1.54) is 14.1 Å². The fourth-order valence-corrected chi connectivity index (χ4v) is 3.93. The molecular weight excluding hydrogens is 448 g/mol. The van der Waals surface area contributed by atoms with E-state index in [9.17, 15) is 19.2 Å². The molecule has 35 heavy (non-hydrogen) atoms. The van der Waals surface area contributed by atoms with Gasteiger partial charge in [0, 0.05) is 11.9 Å².